The van der Waals surface area contributed by atoms with Crippen molar-refractivity contribution in [2.24, 2.45) is 0 Å². The topological polar surface area (TPSA) is 40.6 Å². The summed E-state index contributed by atoms with van der Waals surface area (Å²) in [7, 11) is -0.0892. The lowest BCUT2D eigenvalue weighted by atomic mass is 10.1. The first-order valence-electron chi connectivity index (χ1n) is 8.19. The normalized spacial score (nSPS) is 16.6. The number of benzene rings is 2. The van der Waals surface area contributed by atoms with Crippen LogP contribution in [0.5, 0.6) is 0 Å². The molecule has 0 spiro atoms. The third-order valence-electron chi connectivity index (χ3n) is 4.32. The van der Waals surface area contributed by atoms with Crippen LogP contribution in [0, 0.1) is 0 Å². The number of carbonyl (C=O) groups excluding carboxylic acids is 1. The van der Waals surface area contributed by atoms with Gasteiger partial charge in [0.25, 0.3) is 0 Å². The molecule has 0 saturated carbocycles. The molecule has 0 radical (unpaired) electrons. The van der Waals surface area contributed by atoms with Gasteiger partial charge in [-0.2, -0.15) is 13.2 Å². The van der Waals surface area contributed by atoms with Crippen molar-refractivity contribution in [3.63, 3.8) is 0 Å². The highest BCUT2D eigenvalue weighted by atomic mass is 35.5. The predicted octanol–water partition coefficient (Wildman–Crippen LogP) is 5.27. The molecular weight excluding hydrogens is 413 g/mol. The summed E-state index contributed by atoms with van der Waals surface area (Å²) in [6.45, 7) is 1.68. The molecule has 0 aromatic heterocycles. The van der Waals surface area contributed by atoms with E-state index in [-0.39, 0.29) is 12.2 Å². The number of alkyl halides is 3. The van der Waals surface area contributed by atoms with Crippen LogP contribution in [0.15, 0.2) is 64.0 Å². The fourth-order valence-corrected chi connectivity index (χ4v) is 4.32. The molecule has 0 bridgehead atoms. The Labute approximate surface area is 167 Å². The number of amides is 2. The van der Waals surface area contributed by atoms with Gasteiger partial charge in [-0.1, -0.05) is 17.7 Å². The largest absolute Gasteiger partial charge is 0.416 e. The molecule has 1 aliphatic heterocycles. The number of hydrogen-bond donors (Lipinski definition) is 0. The zero-order valence-corrected chi connectivity index (χ0v) is 16.5. The zero-order valence-electron chi connectivity index (χ0n) is 15.0. The van der Waals surface area contributed by atoms with Gasteiger partial charge in [-0.05, 0) is 49.4 Å². The van der Waals surface area contributed by atoms with Crippen molar-refractivity contribution in [2.75, 3.05) is 18.5 Å². The van der Waals surface area contributed by atoms with E-state index in [1.54, 1.807) is 31.2 Å². The van der Waals surface area contributed by atoms with Gasteiger partial charge in [0.05, 0.1) is 33.5 Å². The van der Waals surface area contributed by atoms with Crippen molar-refractivity contribution in [1.82, 2.24) is 4.90 Å². The monoisotopic (exact) mass is 428 g/mol. The lowest BCUT2D eigenvalue weighted by molar-refractivity contribution is -0.137. The van der Waals surface area contributed by atoms with Gasteiger partial charge in [0.2, 0.25) is 0 Å². The van der Waals surface area contributed by atoms with Crippen molar-refractivity contribution >= 4 is 34.1 Å². The van der Waals surface area contributed by atoms with Crippen LogP contribution in [-0.2, 0) is 17.0 Å². The van der Waals surface area contributed by atoms with E-state index in [0.29, 0.717) is 20.5 Å². The molecule has 0 fully saturated rings. The second kappa shape index (κ2) is 7.60. The molecule has 4 nitrogen and oxygen atoms in total. The molecule has 2 aromatic rings. The van der Waals surface area contributed by atoms with Crippen molar-refractivity contribution in [2.45, 2.75) is 18.0 Å². The average Bonchev–Trinajstić information content (AvgIpc) is 2.64. The van der Waals surface area contributed by atoms with E-state index in [1.165, 1.54) is 24.1 Å². The summed E-state index contributed by atoms with van der Waals surface area (Å²) in [5, 5.41) is 0.494. The Balaban J connectivity index is 2.07. The van der Waals surface area contributed by atoms with E-state index in [2.05, 4.69) is 0 Å². The van der Waals surface area contributed by atoms with Crippen molar-refractivity contribution in [3.8, 4) is 0 Å². The second-order valence-electron chi connectivity index (χ2n) is 6.25. The Hall–Kier alpha value is -2.32. The maximum Gasteiger partial charge on any atom is 0.416 e. The van der Waals surface area contributed by atoms with Crippen LogP contribution in [0.2, 0.25) is 5.02 Å². The number of halogens is 4. The van der Waals surface area contributed by atoms with E-state index < -0.39 is 28.6 Å². The molecule has 1 unspecified atom stereocenters. The first-order valence-corrected chi connectivity index (χ1v) is 9.72. The van der Waals surface area contributed by atoms with Crippen LogP contribution in [0.25, 0.3) is 0 Å². The molecule has 2 aromatic carbocycles. The highest BCUT2D eigenvalue weighted by molar-refractivity contribution is 7.89. The van der Waals surface area contributed by atoms with Crippen LogP contribution in [0.3, 0.4) is 0 Å². The van der Waals surface area contributed by atoms with Crippen molar-refractivity contribution in [1.29, 1.82) is 0 Å². The Kier molecular flexibility index (Phi) is 5.54. The lowest BCUT2D eigenvalue weighted by Crippen LogP contribution is -2.46. The third kappa shape index (κ3) is 3.93. The Morgan fingerprint density at radius 2 is 1.75 bits per heavy atom. The van der Waals surface area contributed by atoms with Crippen LogP contribution in [0.1, 0.15) is 12.5 Å². The number of hydrogen-bond acceptors (Lipinski definition) is 2. The molecule has 1 aliphatic rings. The first-order chi connectivity index (χ1) is 13.1. The van der Waals surface area contributed by atoms with E-state index in [9.17, 15) is 22.2 Å². The number of likely N-dealkylation sites (N-methyl/N-ethyl adjacent to an activating group) is 1. The molecule has 0 aliphatic carbocycles. The van der Waals surface area contributed by atoms with Gasteiger partial charge in [-0.3, -0.25) is 4.90 Å². The molecule has 0 saturated heterocycles. The average molecular weight is 429 g/mol. The van der Waals surface area contributed by atoms with Gasteiger partial charge in [-0.25, -0.2) is 9.00 Å². The van der Waals surface area contributed by atoms with E-state index in [0.717, 1.165) is 17.0 Å². The number of anilines is 1. The van der Waals surface area contributed by atoms with Crippen molar-refractivity contribution < 1.29 is 22.2 Å². The summed E-state index contributed by atoms with van der Waals surface area (Å²) in [6, 6.07) is 10.4. The van der Waals surface area contributed by atoms with E-state index in [1.807, 2.05) is 0 Å². The molecule has 3 rings (SSSR count). The second-order valence-corrected chi connectivity index (χ2v) is 8.19. The summed E-state index contributed by atoms with van der Waals surface area (Å²) < 4.78 is 52.3. The number of nitrogens with zero attached hydrogens (tertiary/aromatic N) is 2. The van der Waals surface area contributed by atoms with E-state index in [4.69, 9.17) is 11.6 Å². The minimum Gasteiger partial charge on any atom is -0.322 e. The number of allylic oxidation sites excluding steroid dienone is 1. The number of rotatable bonds is 3. The Morgan fingerprint density at radius 1 is 1.11 bits per heavy atom. The fourth-order valence-electron chi connectivity index (χ4n) is 2.85. The van der Waals surface area contributed by atoms with Gasteiger partial charge >= 0.3 is 12.2 Å². The predicted molar refractivity (Wildman–Crippen MR) is 103 cm³/mol. The zero-order chi connectivity index (χ0) is 20.6. The molecular formula is C19H16ClF3N2O2S. The molecule has 148 valence electrons. The number of carbonyl (C=O) groups is 1. The summed E-state index contributed by atoms with van der Waals surface area (Å²) in [5.74, 6) is 0. The summed E-state index contributed by atoms with van der Waals surface area (Å²) in [6.07, 6.45) is -4.53. The minimum atomic E-state index is -4.53. The molecule has 1 heterocycles. The smallest absolute Gasteiger partial charge is 0.322 e. The lowest BCUT2D eigenvalue weighted by Gasteiger charge is -2.35. The SMILES string of the molecule is CC1=C(S(=O)c2ccc(Cl)cc2)CN(C)C(=O)N1c1cccc(C(F)(F)F)c1. The van der Waals surface area contributed by atoms with Gasteiger partial charge in [0.1, 0.15) is 0 Å². The molecule has 1 atom stereocenters. The summed E-state index contributed by atoms with van der Waals surface area (Å²) in [4.78, 5) is 16.1. The third-order valence-corrected chi connectivity index (χ3v) is 6.15. The molecule has 2 amide bonds. The van der Waals surface area contributed by atoms with Crippen LogP contribution >= 0.6 is 11.6 Å². The van der Waals surface area contributed by atoms with Crippen LogP contribution in [0.4, 0.5) is 23.7 Å². The van der Waals surface area contributed by atoms with Crippen molar-refractivity contribution in [3.05, 3.63) is 69.7 Å². The minimum absolute atomic E-state index is 0.0643. The Bertz CT molecular complexity index is 974. The van der Waals surface area contributed by atoms with Crippen LogP contribution < -0.4 is 4.90 Å². The standard InChI is InChI=1S/C19H16ClF3N2O2S/c1-12-17(28(27)16-8-6-14(20)7-9-16)11-24(2)18(26)25(12)15-5-3-4-13(10-15)19(21,22)23/h3-10H,11H2,1-2H3. The Morgan fingerprint density at radius 3 is 2.36 bits per heavy atom. The van der Waals surface area contributed by atoms with Gasteiger partial charge in [-0.15, -0.1) is 0 Å². The highest BCUT2D eigenvalue weighted by Gasteiger charge is 2.35. The quantitative estimate of drug-likeness (QED) is 0.668. The van der Waals surface area contributed by atoms with Gasteiger partial charge in [0, 0.05) is 22.7 Å². The van der Waals surface area contributed by atoms with E-state index >= 15 is 0 Å². The molecule has 0 N–H and O–H groups in total. The highest BCUT2D eigenvalue weighted by Crippen LogP contribution is 2.35. The molecule has 28 heavy (non-hydrogen) atoms. The summed E-state index contributed by atoms with van der Waals surface area (Å²) in [5.41, 5.74) is -0.454. The van der Waals surface area contributed by atoms with Gasteiger partial charge in [0.15, 0.2) is 0 Å². The molecule has 9 heteroatoms. The maximum atomic E-state index is 13.1. The maximum absolute atomic E-state index is 13.1. The first kappa shape index (κ1) is 20.4. The van der Waals surface area contributed by atoms with Gasteiger partial charge < -0.3 is 4.90 Å². The van der Waals surface area contributed by atoms with Crippen LogP contribution in [-0.4, -0.2) is 28.7 Å². The fraction of sp³-hybridized carbons (Fsp3) is 0.211. The number of urea groups is 1. The summed E-state index contributed by atoms with van der Waals surface area (Å²) >= 11 is 5.86.